The number of rotatable bonds is 6. The van der Waals surface area contributed by atoms with Crippen LogP contribution in [-0.4, -0.2) is 24.5 Å². The minimum atomic E-state index is -4.55. The van der Waals surface area contributed by atoms with Crippen molar-refractivity contribution in [3.8, 4) is 0 Å². The molecule has 1 atom stereocenters. The summed E-state index contributed by atoms with van der Waals surface area (Å²) in [6.45, 7) is 1.97. The fourth-order valence-electron chi connectivity index (χ4n) is 3.72. The van der Waals surface area contributed by atoms with Gasteiger partial charge in [-0.3, -0.25) is 9.97 Å². The van der Waals surface area contributed by atoms with Crippen LogP contribution in [0.15, 0.2) is 54.8 Å². The Kier molecular flexibility index (Phi) is 5.84. The third-order valence-corrected chi connectivity index (χ3v) is 6.07. The molecule has 35 heavy (non-hydrogen) atoms. The van der Waals surface area contributed by atoms with Gasteiger partial charge < -0.3 is 15.2 Å². The topological polar surface area (TPSA) is 80.5 Å². The normalized spacial score (nSPS) is 14.2. The van der Waals surface area contributed by atoms with Crippen molar-refractivity contribution in [1.82, 2.24) is 29.8 Å². The van der Waals surface area contributed by atoms with E-state index in [0.29, 0.717) is 11.5 Å². The van der Waals surface area contributed by atoms with Crippen LogP contribution in [0.3, 0.4) is 0 Å². The van der Waals surface area contributed by atoms with Gasteiger partial charge in [-0.05, 0) is 49.6 Å². The quantitative estimate of drug-likeness (QED) is 0.337. The second-order valence-corrected chi connectivity index (χ2v) is 8.81. The van der Waals surface area contributed by atoms with Crippen LogP contribution in [-0.2, 0) is 13.2 Å². The molecular formula is C24H21ClF3N7. The zero-order valence-corrected chi connectivity index (χ0v) is 19.6. The van der Waals surface area contributed by atoms with Gasteiger partial charge in [0.1, 0.15) is 11.3 Å². The van der Waals surface area contributed by atoms with Crippen LogP contribution < -0.4 is 10.6 Å². The van der Waals surface area contributed by atoms with Gasteiger partial charge in [-0.1, -0.05) is 11.6 Å². The van der Waals surface area contributed by atoms with E-state index in [0.717, 1.165) is 41.3 Å². The fourth-order valence-corrected chi connectivity index (χ4v) is 3.95. The van der Waals surface area contributed by atoms with Crippen molar-refractivity contribution in [2.45, 2.75) is 32.0 Å². The smallest absolute Gasteiger partial charge is 0.375 e. The summed E-state index contributed by atoms with van der Waals surface area (Å²) < 4.78 is 41.3. The number of pyridine rings is 1. The SMILES string of the molecule is CC(NC(=C1CC1)c1cc2c(cn1)ncn2C)c1cnc(Nc2ccc(Cl)c(C(F)(F)F)c2)cn1. The van der Waals surface area contributed by atoms with Gasteiger partial charge in [0.05, 0.1) is 64.1 Å². The highest BCUT2D eigenvalue weighted by atomic mass is 35.5. The minimum Gasteiger partial charge on any atom is -0.375 e. The molecule has 0 aliphatic heterocycles. The third kappa shape index (κ3) is 4.93. The molecule has 4 aromatic rings. The molecule has 3 heterocycles. The number of hydrogen-bond acceptors (Lipinski definition) is 6. The van der Waals surface area contributed by atoms with Crippen LogP contribution in [0.2, 0.25) is 5.02 Å². The number of aryl methyl sites for hydroxylation is 1. The minimum absolute atomic E-state index is 0.170. The molecule has 180 valence electrons. The third-order valence-electron chi connectivity index (χ3n) is 5.74. The van der Waals surface area contributed by atoms with Crippen LogP contribution in [0.4, 0.5) is 24.7 Å². The summed E-state index contributed by atoms with van der Waals surface area (Å²) >= 11 is 5.69. The van der Waals surface area contributed by atoms with E-state index >= 15 is 0 Å². The molecule has 3 aromatic heterocycles. The number of imidazole rings is 1. The number of nitrogens with zero attached hydrogens (tertiary/aromatic N) is 5. The highest BCUT2D eigenvalue weighted by molar-refractivity contribution is 6.31. The van der Waals surface area contributed by atoms with E-state index in [1.807, 2.05) is 24.6 Å². The Bertz CT molecular complexity index is 1420. The van der Waals surface area contributed by atoms with E-state index in [1.165, 1.54) is 23.9 Å². The summed E-state index contributed by atoms with van der Waals surface area (Å²) in [5.74, 6) is 0.320. The molecule has 1 saturated carbocycles. The Morgan fingerprint density at radius 2 is 1.86 bits per heavy atom. The number of aromatic nitrogens is 5. The van der Waals surface area contributed by atoms with E-state index in [4.69, 9.17) is 11.6 Å². The molecule has 1 aliphatic rings. The highest BCUT2D eigenvalue weighted by Gasteiger charge is 2.33. The van der Waals surface area contributed by atoms with Crippen molar-refractivity contribution in [3.63, 3.8) is 0 Å². The maximum Gasteiger partial charge on any atom is 0.417 e. The Morgan fingerprint density at radius 1 is 1.06 bits per heavy atom. The molecule has 0 saturated heterocycles. The molecular weight excluding hydrogens is 479 g/mol. The van der Waals surface area contributed by atoms with E-state index in [-0.39, 0.29) is 16.8 Å². The van der Waals surface area contributed by atoms with Crippen molar-refractivity contribution < 1.29 is 13.2 Å². The number of anilines is 2. The van der Waals surface area contributed by atoms with Gasteiger partial charge in [0.2, 0.25) is 0 Å². The van der Waals surface area contributed by atoms with Gasteiger partial charge >= 0.3 is 6.18 Å². The Labute approximate surface area is 204 Å². The molecule has 0 spiro atoms. The van der Waals surface area contributed by atoms with E-state index in [9.17, 15) is 13.2 Å². The van der Waals surface area contributed by atoms with E-state index in [2.05, 4.69) is 30.6 Å². The van der Waals surface area contributed by atoms with Crippen molar-refractivity contribution in [1.29, 1.82) is 0 Å². The maximum atomic E-state index is 13.1. The van der Waals surface area contributed by atoms with Gasteiger partial charge in [0.25, 0.3) is 0 Å². The molecule has 1 aromatic carbocycles. The second-order valence-electron chi connectivity index (χ2n) is 8.40. The summed E-state index contributed by atoms with van der Waals surface area (Å²) in [6, 6.07) is 5.45. The first-order valence-corrected chi connectivity index (χ1v) is 11.3. The number of allylic oxidation sites excluding steroid dienone is 1. The number of hydrogen-bond donors (Lipinski definition) is 2. The van der Waals surface area contributed by atoms with Crippen LogP contribution in [0.25, 0.3) is 16.7 Å². The Hall–Kier alpha value is -3.66. The second kappa shape index (κ2) is 8.84. The summed E-state index contributed by atoms with van der Waals surface area (Å²) in [6.07, 6.45) is 4.07. The fraction of sp³-hybridized carbons (Fsp3) is 0.250. The summed E-state index contributed by atoms with van der Waals surface area (Å²) in [7, 11) is 1.94. The molecule has 7 nitrogen and oxygen atoms in total. The van der Waals surface area contributed by atoms with Gasteiger partial charge in [-0.25, -0.2) is 9.97 Å². The van der Waals surface area contributed by atoms with Crippen LogP contribution in [0, 0.1) is 0 Å². The van der Waals surface area contributed by atoms with E-state index in [1.54, 1.807) is 18.7 Å². The summed E-state index contributed by atoms with van der Waals surface area (Å²) in [5, 5.41) is 6.00. The molecule has 1 unspecified atom stereocenters. The number of fused-ring (bicyclic) bond motifs is 1. The highest BCUT2D eigenvalue weighted by Crippen LogP contribution is 2.37. The molecule has 2 N–H and O–H groups in total. The van der Waals surface area contributed by atoms with Gasteiger partial charge in [-0.15, -0.1) is 0 Å². The number of nitrogens with one attached hydrogen (secondary N) is 2. The molecule has 1 fully saturated rings. The number of alkyl halides is 3. The molecule has 0 radical (unpaired) electrons. The zero-order valence-electron chi connectivity index (χ0n) is 18.9. The zero-order chi connectivity index (χ0) is 24.7. The van der Waals surface area contributed by atoms with Crippen molar-refractivity contribution in [2.24, 2.45) is 7.05 Å². The van der Waals surface area contributed by atoms with Crippen LogP contribution in [0.5, 0.6) is 0 Å². The first kappa shape index (κ1) is 23.1. The molecule has 0 bridgehead atoms. The molecule has 5 rings (SSSR count). The first-order chi connectivity index (χ1) is 16.7. The van der Waals surface area contributed by atoms with Crippen LogP contribution >= 0.6 is 11.6 Å². The number of halogens is 4. The lowest BCUT2D eigenvalue weighted by atomic mass is 10.1. The predicted molar refractivity (Wildman–Crippen MR) is 128 cm³/mol. The lowest BCUT2D eigenvalue weighted by Gasteiger charge is -2.18. The largest absolute Gasteiger partial charge is 0.417 e. The molecule has 0 amide bonds. The van der Waals surface area contributed by atoms with Crippen LogP contribution in [0.1, 0.15) is 42.8 Å². The monoisotopic (exact) mass is 499 g/mol. The van der Waals surface area contributed by atoms with Crippen molar-refractivity contribution in [2.75, 3.05) is 5.32 Å². The van der Waals surface area contributed by atoms with Gasteiger partial charge in [0.15, 0.2) is 0 Å². The molecule has 1 aliphatic carbocycles. The standard InChI is InChI=1S/C24H21ClF3N7/c1-13(33-23(14-3-4-14)18-8-21-20(10-29-18)32-12-35(21)2)19-9-31-22(11-30-19)34-15-5-6-17(25)16(7-15)24(26,27)28/h5-13,33H,3-4H2,1-2H3,(H,31,34). The average molecular weight is 500 g/mol. The summed E-state index contributed by atoms with van der Waals surface area (Å²) in [5.41, 5.74) is 4.93. The predicted octanol–water partition coefficient (Wildman–Crippen LogP) is 6.03. The lowest BCUT2D eigenvalue weighted by molar-refractivity contribution is -0.137. The van der Waals surface area contributed by atoms with Crippen molar-refractivity contribution in [3.05, 3.63) is 76.7 Å². The van der Waals surface area contributed by atoms with Gasteiger partial charge in [-0.2, -0.15) is 13.2 Å². The van der Waals surface area contributed by atoms with Crippen molar-refractivity contribution >= 4 is 39.8 Å². The van der Waals surface area contributed by atoms with Gasteiger partial charge in [0, 0.05) is 12.7 Å². The Balaban J connectivity index is 1.32. The average Bonchev–Trinajstić information content (AvgIpc) is 3.61. The Morgan fingerprint density at radius 3 is 2.54 bits per heavy atom. The maximum absolute atomic E-state index is 13.1. The lowest BCUT2D eigenvalue weighted by Crippen LogP contribution is -2.19. The first-order valence-electron chi connectivity index (χ1n) is 10.9. The van der Waals surface area contributed by atoms with E-state index < -0.39 is 11.7 Å². The molecule has 11 heteroatoms. The summed E-state index contributed by atoms with van der Waals surface area (Å²) in [4.78, 5) is 17.7. The number of benzene rings is 1.